The molecule has 0 aliphatic carbocycles. The van der Waals surface area contributed by atoms with E-state index in [9.17, 15) is 14.5 Å². The van der Waals surface area contributed by atoms with E-state index < -0.39 is 25.3 Å². The van der Waals surface area contributed by atoms with Crippen LogP contribution >= 0.6 is 7.82 Å². The second-order valence-electron chi connectivity index (χ2n) is 7.15. The minimum absolute atomic E-state index is 0.0244. The van der Waals surface area contributed by atoms with Crippen LogP contribution in [0.2, 0.25) is 0 Å². The van der Waals surface area contributed by atoms with Gasteiger partial charge in [-0.3, -0.25) is 13.6 Å². The number of hydrogen-bond acceptors (Lipinski definition) is 5. The van der Waals surface area contributed by atoms with Gasteiger partial charge in [0.2, 0.25) is 0 Å². The summed E-state index contributed by atoms with van der Waals surface area (Å²) in [6.07, 6.45) is -1.35. The number of phosphoric ester groups is 1. The molecule has 0 aliphatic rings. The van der Waals surface area contributed by atoms with Crippen molar-refractivity contribution in [3.8, 4) is 0 Å². The van der Waals surface area contributed by atoms with E-state index in [1.165, 1.54) is 0 Å². The molecule has 1 atom stereocenters. The van der Waals surface area contributed by atoms with Gasteiger partial charge in [0.25, 0.3) is 0 Å². The second-order valence-corrected chi connectivity index (χ2v) is 8.78. The number of aliphatic carboxylic acids is 1. The van der Waals surface area contributed by atoms with Gasteiger partial charge in [0.15, 0.2) is 6.10 Å². The van der Waals surface area contributed by atoms with Crippen LogP contribution < -0.4 is 0 Å². The Morgan fingerprint density at radius 3 is 1.67 bits per heavy atom. The number of hydrogen-bond donors (Lipinski definition) is 1. The van der Waals surface area contributed by atoms with Crippen molar-refractivity contribution in [2.75, 3.05) is 0 Å². The predicted molar refractivity (Wildman–Crippen MR) is 102 cm³/mol. The van der Waals surface area contributed by atoms with E-state index in [2.05, 4.69) is 0 Å². The lowest BCUT2D eigenvalue weighted by molar-refractivity contribution is -0.152. The number of carboxylic acid groups (broad SMARTS) is 1. The Labute approximate surface area is 159 Å². The van der Waals surface area contributed by atoms with Gasteiger partial charge in [0, 0.05) is 0 Å². The molecule has 7 heteroatoms. The predicted octanol–water partition coefficient (Wildman–Crippen LogP) is 5.04. The first-order valence-corrected chi connectivity index (χ1v) is 10.0. The average molecular weight is 392 g/mol. The molecule has 1 N–H and O–H groups in total. The molecule has 0 saturated carbocycles. The third-order valence-electron chi connectivity index (χ3n) is 3.71. The lowest BCUT2D eigenvalue weighted by Crippen LogP contribution is -2.36. The van der Waals surface area contributed by atoms with Crippen molar-refractivity contribution in [2.24, 2.45) is 5.41 Å². The van der Waals surface area contributed by atoms with Gasteiger partial charge in [0.1, 0.15) is 0 Å². The van der Waals surface area contributed by atoms with Crippen LogP contribution in [0.3, 0.4) is 0 Å². The second kappa shape index (κ2) is 9.29. The molecule has 27 heavy (non-hydrogen) atoms. The molecule has 0 heterocycles. The number of phosphoric acid groups is 1. The van der Waals surface area contributed by atoms with Crippen LogP contribution in [0.15, 0.2) is 60.7 Å². The highest BCUT2D eigenvalue weighted by Gasteiger charge is 2.41. The van der Waals surface area contributed by atoms with Crippen LogP contribution in [0.5, 0.6) is 0 Å². The van der Waals surface area contributed by atoms with E-state index in [1.807, 2.05) is 36.4 Å². The zero-order chi connectivity index (χ0) is 19.9. The molecule has 0 saturated heterocycles. The van der Waals surface area contributed by atoms with Crippen molar-refractivity contribution >= 4 is 13.8 Å². The topological polar surface area (TPSA) is 82.1 Å². The summed E-state index contributed by atoms with van der Waals surface area (Å²) in [6.45, 7) is 5.01. The third-order valence-corrected chi connectivity index (χ3v) is 5.07. The number of carbonyl (C=O) groups is 1. The molecular weight excluding hydrogens is 367 g/mol. The van der Waals surface area contributed by atoms with Crippen LogP contribution in [-0.2, 0) is 36.1 Å². The lowest BCUT2D eigenvalue weighted by Gasteiger charge is -2.29. The fraction of sp³-hybridized carbons (Fsp3) is 0.350. The van der Waals surface area contributed by atoms with Gasteiger partial charge in [-0.15, -0.1) is 0 Å². The number of carboxylic acids is 1. The first kappa shape index (κ1) is 21.3. The highest BCUT2D eigenvalue weighted by atomic mass is 31.2. The molecule has 2 rings (SSSR count). The number of benzene rings is 2. The zero-order valence-corrected chi connectivity index (χ0v) is 16.6. The normalized spacial score (nSPS) is 13.3. The molecule has 1 unspecified atom stereocenters. The lowest BCUT2D eigenvalue weighted by atomic mass is 9.89. The Kier molecular flexibility index (Phi) is 7.33. The fourth-order valence-corrected chi connectivity index (χ4v) is 3.73. The van der Waals surface area contributed by atoms with Crippen molar-refractivity contribution in [2.45, 2.75) is 40.1 Å². The Balaban J connectivity index is 2.17. The molecule has 0 aromatic heterocycles. The minimum atomic E-state index is -4.14. The van der Waals surface area contributed by atoms with Crippen molar-refractivity contribution in [1.29, 1.82) is 0 Å². The van der Waals surface area contributed by atoms with E-state index >= 15 is 0 Å². The molecule has 2 aromatic carbocycles. The summed E-state index contributed by atoms with van der Waals surface area (Å²) in [6, 6.07) is 18.2. The summed E-state index contributed by atoms with van der Waals surface area (Å²) < 4.78 is 29.5. The molecule has 2 aromatic rings. The molecule has 0 spiro atoms. The van der Waals surface area contributed by atoms with E-state index in [4.69, 9.17) is 13.6 Å². The van der Waals surface area contributed by atoms with Crippen molar-refractivity contribution in [3.05, 3.63) is 71.8 Å². The quantitative estimate of drug-likeness (QED) is 0.602. The summed E-state index contributed by atoms with van der Waals surface area (Å²) in [4.78, 5) is 11.6. The van der Waals surface area contributed by atoms with Gasteiger partial charge in [-0.2, -0.15) is 0 Å². The maximum absolute atomic E-state index is 13.2. The van der Waals surface area contributed by atoms with Gasteiger partial charge >= 0.3 is 13.8 Å². The van der Waals surface area contributed by atoms with Crippen LogP contribution in [0.1, 0.15) is 31.9 Å². The van der Waals surface area contributed by atoms with E-state index in [0.717, 1.165) is 11.1 Å². The highest BCUT2D eigenvalue weighted by molar-refractivity contribution is 7.48. The minimum Gasteiger partial charge on any atom is -0.479 e. The van der Waals surface area contributed by atoms with Crippen molar-refractivity contribution in [3.63, 3.8) is 0 Å². The van der Waals surface area contributed by atoms with Gasteiger partial charge in [-0.05, 0) is 16.5 Å². The SMILES string of the molecule is CC(C)(C)C(OP(=O)(OCc1ccccc1)OCc1ccccc1)C(=O)O. The monoisotopic (exact) mass is 392 g/mol. The summed E-state index contributed by atoms with van der Waals surface area (Å²) in [5.41, 5.74) is 0.743. The van der Waals surface area contributed by atoms with E-state index in [1.54, 1.807) is 45.0 Å². The van der Waals surface area contributed by atoms with E-state index in [-0.39, 0.29) is 13.2 Å². The maximum atomic E-state index is 13.2. The smallest absolute Gasteiger partial charge is 0.476 e. The first-order valence-electron chi connectivity index (χ1n) is 8.58. The van der Waals surface area contributed by atoms with Crippen LogP contribution in [0.4, 0.5) is 0 Å². The van der Waals surface area contributed by atoms with Crippen molar-refractivity contribution in [1.82, 2.24) is 0 Å². The van der Waals surface area contributed by atoms with Crippen LogP contribution in [0, 0.1) is 5.41 Å². The Hall–Kier alpha value is -1.98. The zero-order valence-electron chi connectivity index (χ0n) is 15.7. The van der Waals surface area contributed by atoms with Gasteiger partial charge in [-0.25, -0.2) is 9.36 Å². The largest absolute Gasteiger partial charge is 0.479 e. The molecule has 0 aliphatic heterocycles. The summed E-state index contributed by atoms with van der Waals surface area (Å²) >= 11 is 0. The van der Waals surface area contributed by atoms with Crippen LogP contribution in [0.25, 0.3) is 0 Å². The Morgan fingerprint density at radius 2 is 1.33 bits per heavy atom. The summed E-state index contributed by atoms with van der Waals surface area (Å²) in [5.74, 6) is -1.23. The Morgan fingerprint density at radius 1 is 0.926 bits per heavy atom. The van der Waals surface area contributed by atoms with Gasteiger partial charge in [-0.1, -0.05) is 81.4 Å². The molecule has 0 fully saturated rings. The molecule has 0 amide bonds. The summed E-state index contributed by atoms with van der Waals surface area (Å²) in [5, 5.41) is 9.49. The standard InChI is InChI=1S/C20H25O6P/c1-20(2,3)18(19(21)22)26-27(23,24-14-16-10-6-4-7-11-16)25-15-17-12-8-5-9-13-17/h4-13,18H,14-15H2,1-3H3,(H,21,22). The Bertz CT molecular complexity index is 723. The molecule has 0 radical (unpaired) electrons. The first-order chi connectivity index (χ1) is 12.7. The van der Waals surface area contributed by atoms with Crippen molar-refractivity contribution < 1.29 is 28.0 Å². The average Bonchev–Trinajstić information content (AvgIpc) is 2.64. The molecule has 0 bridgehead atoms. The fourth-order valence-electron chi connectivity index (χ4n) is 2.26. The number of rotatable bonds is 9. The molecule has 146 valence electrons. The molecule has 6 nitrogen and oxygen atoms in total. The summed E-state index contributed by atoms with van der Waals surface area (Å²) in [7, 11) is -4.14. The molecular formula is C20H25O6P. The van der Waals surface area contributed by atoms with E-state index in [0.29, 0.717) is 0 Å². The maximum Gasteiger partial charge on any atom is 0.476 e. The van der Waals surface area contributed by atoms with Gasteiger partial charge < -0.3 is 5.11 Å². The highest BCUT2D eigenvalue weighted by Crippen LogP contribution is 2.53. The van der Waals surface area contributed by atoms with Gasteiger partial charge in [0.05, 0.1) is 13.2 Å². The van der Waals surface area contributed by atoms with Crippen LogP contribution in [-0.4, -0.2) is 17.2 Å². The third kappa shape index (κ3) is 6.92.